The number of fused-ring (bicyclic) bond motifs is 2. The number of carbonyl (C=O) groups is 1. The maximum atomic E-state index is 13.0. The molecule has 0 spiro atoms. The van der Waals surface area contributed by atoms with Gasteiger partial charge in [-0.2, -0.15) is 13.2 Å². The minimum Gasteiger partial charge on any atom is -0.382 e. The van der Waals surface area contributed by atoms with E-state index in [1.165, 1.54) is 12.2 Å². The molecule has 2 heterocycles. The number of ether oxygens (including phenoxy) is 3. The molecule has 0 saturated carbocycles. The van der Waals surface area contributed by atoms with E-state index in [1.807, 2.05) is 0 Å². The van der Waals surface area contributed by atoms with Crippen LogP contribution in [0.3, 0.4) is 0 Å². The van der Waals surface area contributed by atoms with Crippen molar-refractivity contribution >= 4 is 5.91 Å². The topological polar surface area (TPSA) is 56.8 Å². The monoisotopic (exact) mass is 321 g/mol. The van der Waals surface area contributed by atoms with Gasteiger partial charge >= 0.3 is 6.18 Å². The SMILES string of the molecule is COCCOCCCNC(=O)C1=C(C(F)(F)F)C2C=CC1O2. The third-order valence-electron chi connectivity index (χ3n) is 3.35. The van der Waals surface area contributed by atoms with Gasteiger partial charge in [0.05, 0.1) is 24.4 Å². The van der Waals surface area contributed by atoms with Crippen LogP contribution in [0.5, 0.6) is 0 Å². The van der Waals surface area contributed by atoms with Gasteiger partial charge in [0.25, 0.3) is 5.91 Å². The molecule has 0 aromatic heterocycles. The lowest BCUT2D eigenvalue weighted by Gasteiger charge is -2.16. The third kappa shape index (κ3) is 3.88. The van der Waals surface area contributed by atoms with Gasteiger partial charge in [-0.05, 0) is 6.42 Å². The highest BCUT2D eigenvalue weighted by atomic mass is 19.4. The van der Waals surface area contributed by atoms with E-state index in [1.54, 1.807) is 7.11 Å². The number of rotatable bonds is 8. The molecule has 22 heavy (non-hydrogen) atoms. The fraction of sp³-hybridized carbons (Fsp3) is 0.643. The number of alkyl halides is 3. The molecule has 2 bridgehead atoms. The number of hydrogen-bond donors (Lipinski definition) is 1. The summed E-state index contributed by atoms with van der Waals surface area (Å²) >= 11 is 0. The van der Waals surface area contributed by atoms with Gasteiger partial charge < -0.3 is 19.5 Å². The summed E-state index contributed by atoms with van der Waals surface area (Å²) in [6.07, 6.45) is -3.33. The highest BCUT2D eigenvalue weighted by molar-refractivity contribution is 5.97. The predicted octanol–water partition coefficient (Wildman–Crippen LogP) is 1.35. The third-order valence-corrected chi connectivity index (χ3v) is 3.35. The Morgan fingerprint density at radius 1 is 1.27 bits per heavy atom. The number of nitrogens with one attached hydrogen (secondary N) is 1. The zero-order chi connectivity index (χ0) is 16.2. The van der Waals surface area contributed by atoms with E-state index in [4.69, 9.17) is 14.2 Å². The zero-order valence-corrected chi connectivity index (χ0v) is 12.1. The standard InChI is InChI=1S/C14H18F3NO4/c1-20-7-8-21-6-2-5-18-13(19)11-9-3-4-10(22-9)12(11)14(15,16)17/h3-4,9-10H,2,5-8H2,1H3,(H,18,19). The Kier molecular flexibility index (Phi) is 5.60. The van der Waals surface area contributed by atoms with Gasteiger partial charge in [-0.15, -0.1) is 0 Å². The van der Waals surface area contributed by atoms with Gasteiger partial charge in [0.1, 0.15) is 12.2 Å². The van der Waals surface area contributed by atoms with Gasteiger partial charge in [0.15, 0.2) is 0 Å². The molecule has 0 aliphatic carbocycles. The second-order valence-electron chi connectivity index (χ2n) is 4.90. The van der Waals surface area contributed by atoms with Crippen LogP contribution >= 0.6 is 0 Å². The summed E-state index contributed by atoms with van der Waals surface area (Å²) in [5, 5.41) is 2.48. The summed E-state index contributed by atoms with van der Waals surface area (Å²) in [5.41, 5.74) is -1.23. The molecular formula is C14H18F3NO4. The van der Waals surface area contributed by atoms with Gasteiger partial charge in [0.2, 0.25) is 0 Å². The molecular weight excluding hydrogens is 303 g/mol. The average Bonchev–Trinajstić information content (AvgIpc) is 3.06. The lowest BCUT2D eigenvalue weighted by molar-refractivity contribution is -0.119. The summed E-state index contributed by atoms with van der Waals surface area (Å²) < 4.78 is 54.1. The minimum atomic E-state index is -4.57. The molecule has 5 nitrogen and oxygen atoms in total. The van der Waals surface area contributed by atoms with Crippen LogP contribution in [0, 0.1) is 0 Å². The van der Waals surface area contributed by atoms with E-state index in [0.717, 1.165) is 0 Å². The quantitative estimate of drug-likeness (QED) is 0.542. The van der Waals surface area contributed by atoms with E-state index in [0.29, 0.717) is 26.2 Å². The zero-order valence-electron chi connectivity index (χ0n) is 12.1. The first-order valence-corrected chi connectivity index (χ1v) is 6.95. The summed E-state index contributed by atoms with van der Waals surface area (Å²) in [6.45, 7) is 1.55. The van der Waals surface area contributed by atoms with Crippen LogP contribution in [0.4, 0.5) is 13.2 Å². The largest absolute Gasteiger partial charge is 0.416 e. The average molecular weight is 321 g/mol. The van der Waals surface area contributed by atoms with Gasteiger partial charge in [-0.1, -0.05) is 12.2 Å². The van der Waals surface area contributed by atoms with Gasteiger partial charge in [0, 0.05) is 20.3 Å². The van der Waals surface area contributed by atoms with E-state index >= 15 is 0 Å². The summed E-state index contributed by atoms with van der Waals surface area (Å²) in [7, 11) is 1.56. The molecule has 124 valence electrons. The maximum absolute atomic E-state index is 13.0. The van der Waals surface area contributed by atoms with Gasteiger partial charge in [-0.25, -0.2) is 0 Å². The van der Waals surface area contributed by atoms with Crippen LogP contribution in [0.1, 0.15) is 6.42 Å². The normalized spacial score (nSPS) is 23.5. The van der Waals surface area contributed by atoms with E-state index in [-0.39, 0.29) is 12.1 Å². The molecule has 8 heteroatoms. The van der Waals surface area contributed by atoms with Crippen LogP contribution in [-0.4, -0.2) is 57.8 Å². The summed E-state index contributed by atoms with van der Waals surface area (Å²) in [4.78, 5) is 12.0. The highest BCUT2D eigenvalue weighted by Crippen LogP contribution is 2.43. The smallest absolute Gasteiger partial charge is 0.382 e. The number of carbonyl (C=O) groups excluding carboxylic acids is 1. The van der Waals surface area contributed by atoms with Crippen LogP contribution in [0.25, 0.3) is 0 Å². The molecule has 0 aromatic carbocycles. The maximum Gasteiger partial charge on any atom is 0.416 e. The molecule has 0 fully saturated rings. The molecule has 2 unspecified atom stereocenters. The first-order valence-electron chi connectivity index (χ1n) is 6.95. The van der Waals surface area contributed by atoms with Crippen LogP contribution in [-0.2, 0) is 19.0 Å². The van der Waals surface area contributed by atoms with Crippen LogP contribution in [0.2, 0.25) is 0 Å². The van der Waals surface area contributed by atoms with Crippen molar-refractivity contribution in [2.45, 2.75) is 24.8 Å². The Morgan fingerprint density at radius 3 is 2.68 bits per heavy atom. The van der Waals surface area contributed by atoms with Crippen molar-refractivity contribution in [1.29, 1.82) is 0 Å². The fourth-order valence-corrected chi connectivity index (χ4v) is 2.37. The van der Waals surface area contributed by atoms with Crippen molar-refractivity contribution in [3.8, 4) is 0 Å². The molecule has 1 N–H and O–H groups in total. The highest BCUT2D eigenvalue weighted by Gasteiger charge is 2.51. The van der Waals surface area contributed by atoms with Crippen molar-refractivity contribution in [2.75, 3.05) is 33.5 Å². The van der Waals surface area contributed by atoms with Crippen molar-refractivity contribution in [1.82, 2.24) is 5.32 Å². The van der Waals surface area contributed by atoms with Crippen LogP contribution in [0.15, 0.2) is 23.3 Å². The molecule has 0 radical (unpaired) electrons. The minimum absolute atomic E-state index is 0.238. The number of halogens is 3. The first-order chi connectivity index (χ1) is 10.4. The summed E-state index contributed by atoms with van der Waals surface area (Å²) in [5.74, 6) is -0.735. The molecule has 2 rings (SSSR count). The van der Waals surface area contributed by atoms with Crippen molar-refractivity contribution in [3.05, 3.63) is 23.3 Å². The Morgan fingerprint density at radius 2 is 2.00 bits per heavy atom. The first kappa shape index (κ1) is 17.0. The summed E-state index contributed by atoms with van der Waals surface area (Å²) in [6, 6.07) is 0. The van der Waals surface area contributed by atoms with Crippen molar-refractivity contribution < 1.29 is 32.2 Å². The lowest BCUT2D eigenvalue weighted by atomic mass is 9.96. The molecule has 2 atom stereocenters. The van der Waals surface area contributed by atoms with Gasteiger partial charge in [-0.3, -0.25) is 4.79 Å². The Bertz CT molecular complexity index is 473. The fourth-order valence-electron chi connectivity index (χ4n) is 2.37. The van der Waals surface area contributed by atoms with Crippen molar-refractivity contribution in [2.24, 2.45) is 0 Å². The Labute approximate surface area is 126 Å². The van der Waals surface area contributed by atoms with Crippen LogP contribution < -0.4 is 5.32 Å². The number of hydrogen-bond acceptors (Lipinski definition) is 4. The molecule has 2 aliphatic heterocycles. The lowest BCUT2D eigenvalue weighted by Crippen LogP contribution is -2.33. The molecule has 1 amide bonds. The predicted molar refractivity (Wildman–Crippen MR) is 71.2 cm³/mol. The molecule has 0 saturated heterocycles. The second-order valence-corrected chi connectivity index (χ2v) is 4.90. The van der Waals surface area contributed by atoms with E-state index in [9.17, 15) is 18.0 Å². The molecule has 0 aromatic rings. The van der Waals surface area contributed by atoms with Crippen molar-refractivity contribution in [3.63, 3.8) is 0 Å². The number of methoxy groups -OCH3 is 1. The number of amides is 1. The van der Waals surface area contributed by atoms with E-state index in [2.05, 4.69) is 5.32 Å². The second kappa shape index (κ2) is 7.26. The Balaban J connectivity index is 1.83. The molecule has 2 aliphatic rings. The Hall–Kier alpha value is -1.38. The van der Waals surface area contributed by atoms with E-state index < -0.39 is 29.9 Å².